The van der Waals surface area contributed by atoms with Crippen molar-refractivity contribution >= 4 is 11.9 Å². The van der Waals surface area contributed by atoms with Gasteiger partial charge in [0, 0.05) is 47.8 Å². The summed E-state index contributed by atoms with van der Waals surface area (Å²) in [5.74, 6) is -0.857. The molecule has 2 fully saturated rings. The summed E-state index contributed by atoms with van der Waals surface area (Å²) < 4.78 is 12.8. The van der Waals surface area contributed by atoms with Crippen molar-refractivity contribution in [2.24, 2.45) is 5.41 Å². The van der Waals surface area contributed by atoms with Crippen LogP contribution in [0.2, 0.25) is 0 Å². The zero-order valence-electron chi connectivity index (χ0n) is 27.2. The summed E-state index contributed by atoms with van der Waals surface area (Å²) in [7, 11) is 4.28. The minimum atomic E-state index is -1.38. The standard InChI is InChI=1S/C34H56N2O4/c1-12-13-19-34(20-25-17-15-14-16-18-25,28(37)39-26-21-30(2,3)35(10)31(4,5)22-26)29(38)40-27-23-32(6,7)36(11)33(8,9)24-27/h14-18,26-27H,12-13,19-24H2,1-11H3. The molecule has 226 valence electrons. The molecule has 1 aromatic carbocycles. The number of likely N-dealkylation sites (tertiary alicyclic amines) is 2. The molecule has 0 N–H and O–H groups in total. The van der Waals surface area contributed by atoms with Crippen molar-refractivity contribution in [3.8, 4) is 0 Å². The van der Waals surface area contributed by atoms with Gasteiger partial charge in [0.15, 0.2) is 5.41 Å². The van der Waals surface area contributed by atoms with Gasteiger partial charge in [0.2, 0.25) is 0 Å². The molecule has 40 heavy (non-hydrogen) atoms. The van der Waals surface area contributed by atoms with E-state index in [-0.39, 0.29) is 40.8 Å². The molecule has 0 aromatic heterocycles. The Morgan fingerprint density at radius 2 is 1.12 bits per heavy atom. The maximum Gasteiger partial charge on any atom is 0.324 e. The van der Waals surface area contributed by atoms with Crippen LogP contribution in [0.3, 0.4) is 0 Å². The van der Waals surface area contributed by atoms with E-state index in [0.29, 0.717) is 6.42 Å². The molecule has 6 heteroatoms. The first-order chi connectivity index (χ1) is 18.4. The number of benzene rings is 1. The number of hydrogen-bond donors (Lipinski definition) is 0. The molecule has 1 aromatic rings. The Morgan fingerprint density at radius 1 is 0.750 bits per heavy atom. The van der Waals surface area contributed by atoms with Gasteiger partial charge in [-0.25, -0.2) is 0 Å². The first-order valence-electron chi connectivity index (χ1n) is 15.3. The Kier molecular flexibility index (Phi) is 9.58. The molecule has 3 rings (SSSR count). The summed E-state index contributed by atoms with van der Waals surface area (Å²) in [6.07, 6.45) is 4.67. The third-order valence-electron chi connectivity index (χ3n) is 10.2. The minimum Gasteiger partial charge on any atom is -0.461 e. The van der Waals surface area contributed by atoms with E-state index in [9.17, 15) is 9.59 Å². The molecule has 0 spiro atoms. The predicted molar refractivity (Wildman–Crippen MR) is 162 cm³/mol. The number of hydrogen-bond acceptors (Lipinski definition) is 6. The van der Waals surface area contributed by atoms with Gasteiger partial charge in [0.05, 0.1) is 0 Å². The highest BCUT2D eigenvalue weighted by atomic mass is 16.6. The summed E-state index contributed by atoms with van der Waals surface area (Å²) in [5.41, 5.74) is -0.977. The third kappa shape index (κ3) is 6.92. The average molecular weight is 557 g/mol. The second kappa shape index (κ2) is 11.8. The van der Waals surface area contributed by atoms with Crippen molar-refractivity contribution in [3.05, 3.63) is 35.9 Å². The summed E-state index contributed by atoms with van der Waals surface area (Å²) in [6, 6.07) is 9.86. The molecular formula is C34H56N2O4. The van der Waals surface area contributed by atoms with Crippen LogP contribution in [-0.4, -0.2) is 70.2 Å². The van der Waals surface area contributed by atoms with E-state index in [1.54, 1.807) is 0 Å². The van der Waals surface area contributed by atoms with E-state index in [0.717, 1.165) is 44.1 Å². The van der Waals surface area contributed by atoms with E-state index in [2.05, 4.69) is 86.2 Å². The van der Waals surface area contributed by atoms with Crippen molar-refractivity contribution in [1.29, 1.82) is 0 Å². The minimum absolute atomic E-state index is 0.135. The molecule has 0 aliphatic carbocycles. The van der Waals surface area contributed by atoms with Gasteiger partial charge in [0.1, 0.15) is 12.2 Å². The van der Waals surface area contributed by atoms with Crippen molar-refractivity contribution in [2.45, 2.75) is 148 Å². The average Bonchev–Trinajstić information content (AvgIpc) is 2.83. The van der Waals surface area contributed by atoms with E-state index < -0.39 is 17.4 Å². The second-order valence-electron chi connectivity index (χ2n) is 15.1. The van der Waals surface area contributed by atoms with Crippen LogP contribution < -0.4 is 0 Å². The van der Waals surface area contributed by atoms with Gasteiger partial charge in [0.25, 0.3) is 0 Å². The van der Waals surface area contributed by atoms with Crippen LogP contribution in [-0.2, 0) is 25.5 Å². The number of rotatable bonds is 9. The molecule has 6 nitrogen and oxygen atoms in total. The molecule has 2 aliphatic rings. The van der Waals surface area contributed by atoms with Gasteiger partial charge in [-0.15, -0.1) is 0 Å². The summed E-state index contributed by atoms with van der Waals surface area (Å²) >= 11 is 0. The Labute approximate surface area is 244 Å². The summed E-state index contributed by atoms with van der Waals surface area (Å²) in [6.45, 7) is 19.7. The molecule has 0 amide bonds. The van der Waals surface area contributed by atoms with Crippen LogP contribution in [0.4, 0.5) is 0 Å². The molecule has 0 radical (unpaired) electrons. The van der Waals surface area contributed by atoms with Crippen molar-refractivity contribution in [1.82, 2.24) is 9.80 Å². The summed E-state index contributed by atoms with van der Waals surface area (Å²) in [5, 5.41) is 0. The maximum atomic E-state index is 14.4. The van der Waals surface area contributed by atoms with E-state index in [1.807, 2.05) is 30.3 Å². The zero-order chi connectivity index (χ0) is 30.1. The highest BCUT2D eigenvalue weighted by Gasteiger charge is 2.53. The molecule has 2 heterocycles. The largest absolute Gasteiger partial charge is 0.461 e. The Morgan fingerprint density at radius 3 is 1.48 bits per heavy atom. The van der Waals surface area contributed by atoms with Crippen LogP contribution in [0.1, 0.15) is 113 Å². The van der Waals surface area contributed by atoms with Gasteiger partial charge in [-0.2, -0.15) is 0 Å². The highest BCUT2D eigenvalue weighted by molar-refractivity contribution is 6.00. The molecule has 0 bridgehead atoms. The van der Waals surface area contributed by atoms with Gasteiger partial charge in [-0.1, -0.05) is 50.1 Å². The zero-order valence-corrected chi connectivity index (χ0v) is 27.2. The van der Waals surface area contributed by atoms with Crippen LogP contribution >= 0.6 is 0 Å². The third-order valence-corrected chi connectivity index (χ3v) is 10.2. The number of piperidine rings is 2. The van der Waals surface area contributed by atoms with E-state index in [4.69, 9.17) is 9.47 Å². The Balaban J connectivity index is 1.97. The van der Waals surface area contributed by atoms with Crippen LogP contribution in [0.15, 0.2) is 30.3 Å². The molecule has 2 saturated heterocycles. The number of unbranched alkanes of at least 4 members (excludes halogenated alkanes) is 1. The second-order valence-corrected chi connectivity index (χ2v) is 15.1. The molecule has 0 unspecified atom stereocenters. The number of ether oxygens (including phenoxy) is 2. The van der Waals surface area contributed by atoms with Crippen LogP contribution in [0.25, 0.3) is 0 Å². The van der Waals surface area contributed by atoms with Gasteiger partial charge >= 0.3 is 11.9 Å². The number of carbonyl (C=O) groups is 2. The molecule has 0 atom stereocenters. The van der Waals surface area contributed by atoms with Crippen LogP contribution in [0.5, 0.6) is 0 Å². The fraction of sp³-hybridized carbons (Fsp3) is 0.765. The maximum absolute atomic E-state index is 14.4. The predicted octanol–water partition coefficient (Wildman–Crippen LogP) is 6.79. The first kappa shape index (κ1) is 32.6. The molecule has 0 saturated carbocycles. The van der Waals surface area contributed by atoms with Crippen molar-refractivity contribution < 1.29 is 19.1 Å². The SMILES string of the molecule is CCCCC(Cc1ccccc1)(C(=O)OC1CC(C)(C)N(C)C(C)(C)C1)C(=O)OC1CC(C)(C)N(C)C(C)(C)C1. The van der Waals surface area contributed by atoms with Gasteiger partial charge in [-0.3, -0.25) is 19.4 Å². The molecule has 2 aliphatic heterocycles. The lowest BCUT2D eigenvalue weighted by molar-refractivity contribution is -0.188. The van der Waals surface area contributed by atoms with Crippen LogP contribution in [0, 0.1) is 5.41 Å². The van der Waals surface area contributed by atoms with E-state index >= 15 is 0 Å². The monoisotopic (exact) mass is 556 g/mol. The normalized spacial score (nSPS) is 23.5. The number of esters is 2. The van der Waals surface area contributed by atoms with Crippen molar-refractivity contribution in [2.75, 3.05) is 14.1 Å². The van der Waals surface area contributed by atoms with E-state index in [1.165, 1.54) is 0 Å². The topological polar surface area (TPSA) is 59.1 Å². The lowest BCUT2D eigenvalue weighted by atomic mass is 9.75. The van der Waals surface area contributed by atoms with Gasteiger partial charge in [-0.05, 0) is 87.9 Å². The quantitative estimate of drug-likeness (QED) is 0.246. The number of nitrogens with zero attached hydrogens (tertiary/aromatic N) is 2. The summed E-state index contributed by atoms with van der Waals surface area (Å²) in [4.78, 5) is 33.5. The fourth-order valence-electron chi connectivity index (χ4n) is 7.20. The molecular weight excluding hydrogens is 500 g/mol. The Bertz CT molecular complexity index is 938. The lowest BCUT2D eigenvalue weighted by Gasteiger charge is -2.53. The van der Waals surface area contributed by atoms with Crippen molar-refractivity contribution in [3.63, 3.8) is 0 Å². The Hall–Kier alpha value is -1.92. The van der Waals surface area contributed by atoms with Gasteiger partial charge < -0.3 is 9.47 Å². The smallest absolute Gasteiger partial charge is 0.324 e. The number of carbonyl (C=O) groups excluding carboxylic acids is 2. The first-order valence-corrected chi connectivity index (χ1v) is 15.3. The fourth-order valence-corrected chi connectivity index (χ4v) is 7.20. The lowest BCUT2D eigenvalue weighted by Crippen LogP contribution is -2.61. The highest BCUT2D eigenvalue weighted by Crippen LogP contribution is 2.43.